The minimum atomic E-state index is -1.28. The van der Waals surface area contributed by atoms with E-state index in [0.29, 0.717) is 24.0 Å². The van der Waals surface area contributed by atoms with E-state index in [9.17, 15) is 42.7 Å². The Morgan fingerprint density at radius 2 is 0.918 bits per heavy atom. The molecule has 0 aliphatic carbocycles. The molecule has 0 fully saturated rings. The van der Waals surface area contributed by atoms with Crippen molar-refractivity contribution in [2.45, 2.75) is 144 Å². The molecule has 0 saturated carbocycles. The van der Waals surface area contributed by atoms with E-state index >= 15 is 0 Å². The number of carboxylic acid groups (broad SMARTS) is 1. The molecule has 2 N–H and O–H groups in total. The van der Waals surface area contributed by atoms with E-state index in [0.717, 1.165) is 16.0 Å². The fourth-order valence-corrected chi connectivity index (χ4v) is 6.45. The van der Waals surface area contributed by atoms with Crippen LogP contribution in [0.5, 0.6) is 0 Å². The van der Waals surface area contributed by atoms with E-state index in [2.05, 4.69) is 0 Å². The number of aliphatic hydroxyl groups is 1. The molecule has 404 valence electrons. The van der Waals surface area contributed by atoms with Crippen LogP contribution in [0.15, 0.2) is 109 Å². The van der Waals surface area contributed by atoms with Gasteiger partial charge in [-0.1, -0.05) is 113 Å². The van der Waals surface area contributed by atoms with Gasteiger partial charge in [0.1, 0.15) is 48.1 Å². The van der Waals surface area contributed by atoms with Crippen LogP contribution in [0.4, 0.5) is 18.4 Å². The third-order valence-electron chi connectivity index (χ3n) is 10.2. The van der Waals surface area contributed by atoms with Crippen LogP contribution in [0.1, 0.15) is 110 Å². The molecule has 4 rings (SSSR count). The third kappa shape index (κ3) is 25.4. The molecule has 0 aliphatic heterocycles. The van der Waals surface area contributed by atoms with Crippen molar-refractivity contribution in [1.82, 2.24) is 9.80 Å². The predicted octanol–water partition coefficient (Wildman–Crippen LogP) is 10.6. The molecule has 0 bridgehead atoms. The van der Waals surface area contributed by atoms with Gasteiger partial charge in [-0.3, -0.25) is 9.80 Å². The van der Waals surface area contributed by atoms with Crippen molar-refractivity contribution in [1.29, 1.82) is 0 Å². The quantitative estimate of drug-likeness (QED) is 0.0666. The number of rotatable bonds is 19. The number of ether oxygens (including phenoxy) is 5. The predicted molar refractivity (Wildman–Crippen MR) is 275 cm³/mol. The average molecular weight is 1030 g/mol. The topological polar surface area (TPSA) is 196 Å². The van der Waals surface area contributed by atoms with Gasteiger partial charge >= 0.3 is 36.1 Å². The summed E-state index contributed by atoms with van der Waals surface area (Å²) in [6.45, 7) is 18.2. The number of aliphatic hydroxyl groups excluding tert-OH is 1. The number of likely N-dealkylation sites (N-methyl/N-ethyl adjacent to an activating group) is 2. The van der Waals surface area contributed by atoms with Crippen LogP contribution in [-0.4, -0.2) is 106 Å². The van der Waals surface area contributed by atoms with Crippen LogP contribution < -0.4 is 0 Å². The minimum Gasteiger partial charge on any atom is -0.480 e. The summed E-state index contributed by atoms with van der Waals surface area (Å²) < 4.78 is 72.8. The van der Waals surface area contributed by atoms with Crippen molar-refractivity contribution >= 4 is 36.1 Å². The van der Waals surface area contributed by atoms with Gasteiger partial charge in [0.15, 0.2) is 6.10 Å². The highest BCUT2D eigenvalue weighted by atomic mass is 19.1. The molecule has 73 heavy (non-hydrogen) atoms. The summed E-state index contributed by atoms with van der Waals surface area (Å²) in [6.07, 6.45) is -3.00. The first-order chi connectivity index (χ1) is 36.0. The van der Waals surface area contributed by atoms with Crippen LogP contribution in [0.25, 0.3) is 0 Å². The second kappa shape index (κ2) is 30.2. The van der Waals surface area contributed by atoms with Gasteiger partial charge in [-0.2, -0.15) is 0 Å². The standard InChI is InChI=1S/C28H36FNO6.C16H15FO3.C12H23NO4.2H2/c1-19(2)16-23(30(6)27(33)36-28(3,4)5)25(31)35-24(17-20-12-14-22(29)15-13-20)26(32)34-18-21-10-8-7-9-11-21;17-14-8-6-12(7-9-14)10-15(18)16(19)20-11-13-4-2-1-3-5-13;1-8(2)7-9(10(14)15)13(6)11(16)17-12(3,4)5;;/h7-15,19,23-24H,16-18H2,1-6H3;1-9,15,18H,10-11H2;8-9H,7H2,1-6H3,(H,14,15);2*1H/t23-,24+;15-;9-;;/m010../s1/i;;;2*1+1D. The Morgan fingerprint density at radius 1 is 0.548 bits per heavy atom. The van der Waals surface area contributed by atoms with Crippen LogP contribution >= 0.6 is 0 Å². The number of amides is 2. The molecule has 0 heterocycles. The highest BCUT2D eigenvalue weighted by Crippen LogP contribution is 2.20. The Bertz CT molecular complexity index is 2340. The molecule has 2 amide bonds. The molecule has 0 spiro atoms. The summed E-state index contributed by atoms with van der Waals surface area (Å²) in [4.78, 5) is 75.7. The number of hydrogen-bond acceptors (Lipinski definition) is 12. The summed E-state index contributed by atoms with van der Waals surface area (Å²) in [6, 6.07) is 27.7. The Labute approximate surface area is 434 Å². The van der Waals surface area contributed by atoms with Crippen LogP contribution in [0.3, 0.4) is 0 Å². The van der Waals surface area contributed by atoms with E-state index in [4.69, 9.17) is 34.7 Å². The number of carbonyl (C=O) groups excluding carboxylic acids is 5. The number of esters is 3. The molecule has 0 aromatic heterocycles. The highest BCUT2D eigenvalue weighted by molar-refractivity contribution is 5.85. The summed E-state index contributed by atoms with van der Waals surface area (Å²) in [5, 5.41) is 18.8. The van der Waals surface area contributed by atoms with E-state index in [-0.39, 0.29) is 43.7 Å². The lowest BCUT2D eigenvalue weighted by Crippen LogP contribution is -2.47. The fraction of sp³-hybridized carbons (Fsp3) is 0.464. The SMILES string of the molecule is CC(C)C[C@@H](C(=O)O)N(C)C(=O)OC(C)(C)C.CC(C)C[C@@H](C(=O)O[C@H](Cc1ccc(F)cc1)C(=O)OCc1ccccc1)N(C)C(=O)OC(C)(C)C.O=C(OCc1ccccc1)[C@H](O)Cc1ccc(F)cc1.[2H][2H].[2H][2H]. The number of carbonyl (C=O) groups is 6. The van der Waals surface area contributed by atoms with Gasteiger partial charge in [-0.15, -0.1) is 0 Å². The van der Waals surface area contributed by atoms with Gasteiger partial charge in [0.2, 0.25) is 6.10 Å². The molecular formula is C56H78F2N2O13. The Balaban J connectivity index is 0.00000119. The number of benzene rings is 4. The first-order valence-corrected chi connectivity index (χ1v) is 24.0. The van der Waals surface area contributed by atoms with Crippen LogP contribution in [-0.2, 0) is 68.9 Å². The molecular weight excluding hydrogens is 947 g/mol. The number of halogens is 2. The smallest absolute Gasteiger partial charge is 0.410 e. The minimum absolute atomic E-state index is 0.00434. The first kappa shape index (κ1) is 58.7. The fourth-order valence-electron chi connectivity index (χ4n) is 6.45. The molecule has 4 atom stereocenters. The van der Waals surface area contributed by atoms with Crippen LogP contribution in [0.2, 0.25) is 0 Å². The largest absolute Gasteiger partial charge is 0.480 e. The number of hydrogen-bond donors (Lipinski definition) is 2. The van der Waals surface area contributed by atoms with Gasteiger partial charge < -0.3 is 33.9 Å². The molecule has 17 heteroatoms. The first-order valence-electron chi connectivity index (χ1n) is 26.0. The Hall–Kier alpha value is -6.88. The average Bonchev–Trinajstić information content (AvgIpc) is 3.37. The number of aliphatic carboxylic acids is 1. The van der Waals surface area contributed by atoms with Crippen molar-refractivity contribution in [3.63, 3.8) is 0 Å². The van der Waals surface area contributed by atoms with Gasteiger partial charge in [0, 0.05) is 32.9 Å². The van der Waals surface area contributed by atoms with E-state index in [1.807, 2.05) is 88.4 Å². The molecule has 0 aliphatic rings. The van der Waals surface area contributed by atoms with Crippen molar-refractivity contribution in [2.24, 2.45) is 11.8 Å². The Kier molecular flexibility index (Phi) is 24.3. The monoisotopic (exact) mass is 1030 g/mol. The molecule has 0 saturated heterocycles. The molecule has 4 aromatic rings. The second-order valence-electron chi connectivity index (χ2n) is 20.1. The van der Waals surface area contributed by atoms with Crippen molar-refractivity contribution in [2.75, 3.05) is 14.1 Å². The Morgan fingerprint density at radius 3 is 1.30 bits per heavy atom. The van der Waals surface area contributed by atoms with E-state index in [1.165, 1.54) is 67.5 Å². The lowest BCUT2D eigenvalue weighted by atomic mass is 10.0. The maximum Gasteiger partial charge on any atom is 0.410 e. The maximum absolute atomic E-state index is 13.4. The summed E-state index contributed by atoms with van der Waals surface area (Å²) in [7, 11) is 2.92. The zero-order valence-corrected chi connectivity index (χ0v) is 44.1. The number of nitrogens with zero attached hydrogens (tertiary/aromatic N) is 2. The zero-order valence-electron chi connectivity index (χ0n) is 48.1. The highest BCUT2D eigenvalue weighted by Gasteiger charge is 2.36. The van der Waals surface area contributed by atoms with Gasteiger partial charge in [-0.05, 0) is 113 Å². The van der Waals surface area contributed by atoms with Gasteiger partial charge in [0.25, 0.3) is 0 Å². The second-order valence-corrected chi connectivity index (χ2v) is 20.1. The zero-order chi connectivity index (χ0) is 59.1. The lowest BCUT2D eigenvalue weighted by molar-refractivity contribution is -0.171. The van der Waals surface area contributed by atoms with Crippen LogP contribution in [0, 0.1) is 23.5 Å². The summed E-state index contributed by atoms with van der Waals surface area (Å²) in [5.41, 5.74) is 1.54. The third-order valence-corrected chi connectivity index (χ3v) is 10.2. The van der Waals surface area contributed by atoms with Crippen molar-refractivity contribution in [3.05, 3.63) is 143 Å². The van der Waals surface area contributed by atoms with Gasteiger partial charge in [-0.25, -0.2) is 37.5 Å². The normalized spacial score (nSPS) is 13.0. The molecule has 4 aromatic carbocycles. The van der Waals surface area contributed by atoms with E-state index < -0.39 is 77.4 Å². The van der Waals surface area contributed by atoms with Crippen molar-refractivity contribution < 1.29 is 77.4 Å². The maximum atomic E-state index is 13.4. The molecule has 15 nitrogen and oxygen atoms in total. The number of carboxylic acids is 1. The molecule has 0 unspecified atom stereocenters. The molecule has 0 radical (unpaired) electrons. The lowest BCUT2D eigenvalue weighted by Gasteiger charge is -2.31. The van der Waals surface area contributed by atoms with Crippen molar-refractivity contribution in [3.8, 4) is 0 Å². The van der Waals surface area contributed by atoms with E-state index in [1.54, 1.807) is 41.5 Å². The van der Waals surface area contributed by atoms with Gasteiger partial charge in [0.05, 0.1) is 0 Å². The summed E-state index contributed by atoms with van der Waals surface area (Å²) in [5.74, 6) is -3.70. The summed E-state index contributed by atoms with van der Waals surface area (Å²) >= 11 is 0.